The molecule has 2 heterocycles. The second kappa shape index (κ2) is 38.3. The molecular formula is C59H95N19O9S. The molecule has 0 bridgehead atoms. The number of unbranched alkanes of at least 4 members (excludes halogenated alkanes) is 2. The molecule has 0 spiro atoms. The highest BCUT2D eigenvalue weighted by atomic mass is 32.2. The summed E-state index contributed by atoms with van der Waals surface area (Å²) in [5, 5.41) is 41.0. The van der Waals surface area contributed by atoms with Crippen LogP contribution in [0, 0.1) is 16.7 Å². The van der Waals surface area contributed by atoms with Gasteiger partial charge in [-0.3, -0.25) is 54.0 Å². The molecule has 2 aromatic carbocycles. The average Bonchev–Trinajstić information content (AvgIpc) is 4.28. The molecule has 3 aromatic rings. The van der Waals surface area contributed by atoms with E-state index in [1.165, 1.54) is 16.7 Å². The molecule has 1 fully saturated rings. The summed E-state index contributed by atoms with van der Waals surface area (Å²) >= 11 is 1.42. The standard InChI is InChI=1S/C59H95N19O9S/c1-35(2)48(57(87)78-30-15-24-47(78)49(63)79)77-55(85)44(23-14-29-69-59(66)67)74-52(82)41(20-9-11-26-60)71-53(83)43(22-13-28-68-58(64)65)73-51(81)42(21-10-12-27-61)72-54(84)45(25-31-88-3)75-56(86)46(33-37-34-70-40-19-8-7-18-38(37)40)76-50(80)39(62)32-36-16-5-4-6-17-36/h4-8,16-19,34-35,39,41-48,70H,9-15,20-33,60-62H2,1-3H3,(H2,63,79)(H,71,83)(H,72,84)(H,73,81)(H,74,82)(H,75,86)(H,76,80)(H,77,85)(H4,64,65,68)(H4,66,67,69)/t39-,41-,42-,43-,44-,45-,46-,47-,48-/m0/s1. The Hall–Kier alpha value is -8.02. The van der Waals surface area contributed by atoms with Gasteiger partial charge in [0.1, 0.15) is 48.3 Å². The number of amides is 9. The number of aromatic nitrogens is 1. The molecule has 486 valence electrons. The highest BCUT2D eigenvalue weighted by Crippen LogP contribution is 2.22. The third-order valence-corrected chi connectivity index (χ3v) is 15.7. The van der Waals surface area contributed by atoms with Gasteiger partial charge in [-0.2, -0.15) is 11.8 Å². The Morgan fingerprint density at radius 3 is 1.52 bits per heavy atom. The number of fused-ring (bicyclic) bond motifs is 1. The zero-order valence-electron chi connectivity index (χ0n) is 50.9. The van der Waals surface area contributed by atoms with Crippen molar-refractivity contribution in [2.75, 3.05) is 44.7 Å². The fraction of sp³-hybridized carbons (Fsp3) is 0.576. The van der Waals surface area contributed by atoms with Crippen LogP contribution < -0.4 is 82.3 Å². The van der Waals surface area contributed by atoms with Crippen molar-refractivity contribution in [1.82, 2.24) is 57.7 Å². The van der Waals surface area contributed by atoms with Crippen molar-refractivity contribution in [3.8, 4) is 0 Å². The predicted molar refractivity (Wildman–Crippen MR) is 340 cm³/mol. The summed E-state index contributed by atoms with van der Waals surface area (Å²) in [7, 11) is 0. The van der Waals surface area contributed by atoms with Gasteiger partial charge in [-0.1, -0.05) is 62.4 Å². The summed E-state index contributed by atoms with van der Waals surface area (Å²) in [4.78, 5) is 132. The molecule has 1 saturated heterocycles. The largest absolute Gasteiger partial charge is 0.370 e. The SMILES string of the molecule is CSCC[C@H](NC(=O)[C@H](Cc1c[nH]c2ccccc12)NC(=O)[C@@H](N)Cc1ccccc1)C(=O)N[C@@H](CCCCN)C(=O)N[C@@H](CCCNC(=N)N)C(=O)N[C@@H](CCCCN)C(=O)N[C@@H](CCCNC(=N)N)C(=O)N[C@H](C(=O)N1CCC[C@H]1C(N)=O)C(C)C. The lowest BCUT2D eigenvalue weighted by Crippen LogP contribution is -2.61. The van der Waals surface area contributed by atoms with E-state index in [2.05, 4.69) is 52.8 Å². The van der Waals surface area contributed by atoms with E-state index in [1.807, 2.05) is 60.9 Å². The van der Waals surface area contributed by atoms with Crippen LogP contribution in [-0.2, 0) is 56.0 Å². The average molecular weight is 1250 g/mol. The van der Waals surface area contributed by atoms with Gasteiger partial charge < -0.3 is 92.1 Å². The van der Waals surface area contributed by atoms with E-state index in [9.17, 15) is 43.2 Å². The number of H-pyrrole nitrogens is 1. The van der Waals surface area contributed by atoms with E-state index in [4.69, 9.17) is 45.2 Å². The van der Waals surface area contributed by atoms with E-state index in [1.54, 1.807) is 20.0 Å². The number of likely N-dealkylation sites (tertiary alicyclic amines) is 1. The van der Waals surface area contributed by atoms with Crippen LogP contribution >= 0.6 is 11.8 Å². The molecule has 0 radical (unpaired) electrons. The second-order valence-corrected chi connectivity index (χ2v) is 23.4. The van der Waals surface area contributed by atoms with Crippen molar-refractivity contribution in [1.29, 1.82) is 10.8 Å². The van der Waals surface area contributed by atoms with Crippen molar-refractivity contribution in [3.63, 3.8) is 0 Å². The summed E-state index contributed by atoms with van der Waals surface area (Å²) in [6, 6.07) is 6.00. The fourth-order valence-corrected chi connectivity index (χ4v) is 10.7. The Bertz CT molecular complexity index is 2790. The number of hydrogen-bond donors (Lipinski definition) is 18. The van der Waals surface area contributed by atoms with Crippen LogP contribution in [0.3, 0.4) is 0 Å². The number of aromatic amines is 1. The van der Waals surface area contributed by atoms with E-state index in [0.717, 1.165) is 22.0 Å². The Balaban J connectivity index is 1.62. The lowest BCUT2D eigenvalue weighted by molar-refractivity contribution is -0.142. The maximum Gasteiger partial charge on any atom is 0.246 e. The molecule has 9 amide bonds. The van der Waals surface area contributed by atoms with Gasteiger partial charge in [0.25, 0.3) is 0 Å². The number of hydrogen-bond acceptors (Lipinski definition) is 15. The summed E-state index contributed by atoms with van der Waals surface area (Å²) in [5.74, 6) is -6.98. The van der Waals surface area contributed by atoms with Gasteiger partial charge in [-0.05, 0) is 138 Å². The lowest BCUT2D eigenvalue weighted by Gasteiger charge is -2.31. The smallest absolute Gasteiger partial charge is 0.246 e. The molecule has 1 aliphatic heterocycles. The van der Waals surface area contributed by atoms with Gasteiger partial charge >= 0.3 is 0 Å². The van der Waals surface area contributed by atoms with E-state index >= 15 is 0 Å². The number of carbonyl (C=O) groups excluding carboxylic acids is 9. The second-order valence-electron chi connectivity index (χ2n) is 22.4. The molecule has 0 aliphatic carbocycles. The topological polar surface area (TPSA) is 485 Å². The molecule has 88 heavy (non-hydrogen) atoms. The minimum Gasteiger partial charge on any atom is -0.370 e. The number of para-hydroxylation sites is 1. The Kier molecular flexibility index (Phi) is 31.5. The normalized spacial score (nSPS) is 15.7. The molecular weight excluding hydrogens is 1150 g/mol. The first kappa shape index (κ1) is 72.5. The van der Waals surface area contributed by atoms with Crippen LogP contribution in [-0.4, -0.2) is 174 Å². The van der Waals surface area contributed by atoms with E-state index in [-0.39, 0.29) is 102 Å². The molecule has 4 rings (SSSR count). The number of guanidine groups is 2. The molecule has 0 saturated carbocycles. The highest BCUT2D eigenvalue weighted by Gasteiger charge is 2.40. The third kappa shape index (κ3) is 24.3. The zero-order valence-corrected chi connectivity index (χ0v) is 51.7. The van der Waals surface area contributed by atoms with Gasteiger partial charge in [0.15, 0.2) is 11.9 Å². The van der Waals surface area contributed by atoms with Crippen molar-refractivity contribution in [2.45, 2.75) is 165 Å². The van der Waals surface area contributed by atoms with Gasteiger partial charge in [0.2, 0.25) is 53.2 Å². The number of carbonyl (C=O) groups is 9. The molecule has 9 atom stereocenters. The highest BCUT2D eigenvalue weighted by molar-refractivity contribution is 7.98. The summed E-state index contributed by atoms with van der Waals surface area (Å²) in [6.45, 7) is 4.46. The van der Waals surface area contributed by atoms with Gasteiger partial charge in [-0.15, -0.1) is 0 Å². The third-order valence-electron chi connectivity index (χ3n) is 15.1. The first-order valence-corrected chi connectivity index (χ1v) is 31.6. The molecule has 28 nitrogen and oxygen atoms in total. The minimum absolute atomic E-state index is 0.0130. The summed E-state index contributed by atoms with van der Waals surface area (Å²) < 4.78 is 0. The lowest BCUT2D eigenvalue weighted by atomic mass is 10.0. The Morgan fingerprint density at radius 2 is 1.05 bits per heavy atom. The van der Waals surface area contributed by atoms with Crippen molar-refractivity contribution in [3.05, 3.63) is 71.9 Å². The van der Waals surface area contributed by atoms with Gasteiger partial charge in [0, 0.05) is 43.2 Å². The first-order valence-electron chi connectivity index (χ1n) is 30.2. The maximum atomic E-state index is 14.7. The summed E-state index contributed by atoms with van der Waals surface area (Å²) in [6.07, 6.45) is 6.83. The van der Waals surface area contributed by atoms with Crippen LogP contribution in [0.4, 0.5) is 0 Å². The van der Waals surface area contributed by atoms with Crippen LogP contribution in [0.15, 0.2) is 60.8 Å². The first-order chi connectivity index (χ1) is 42.1. The number of nitrogens with zero attached hydrogens (tertiary/aromatic N) is 1. The predicted octanol–water partition coefficient (Wildman–Crippen LogP) is -1.66. The Labute approximate surface area is 518 Å². The number of rotatable bonds is 40. The molecule has 1 aliphatic rings. The number of nitrogens with two attached hydrogens (primary N) is 6. The van der Waals surface area contributed by atoms with Gasteiger partial charge in [-0.25, -0.2) is 0 Å². The van der Waals surface area contributed by atoms with Crippen molar-refractivity contribution in [2.24, 2.45) is 40.3 Å². The van der Waals surface area contributed by atoms with Crippen LogP contribution in [0.2, 0.25) is 0 Å². The zero-order chi connectivity index (χ0) is 64.7. The van der Waals surface area contributed by atoms with Gasteiger partial charge in [0.05, 0.1) is 6.04 Å². The van der Waals surface area contributed by atoms with Crippen LogP contribution in [0.5, 0.6) is 0 Å². The van der Waals surface area contributed by atoms with E-state index < -0.39 is 113 Å². The number of nitrogens with one attached hydrogen (secondary N) is 12. The van der Waals surface area contributed by atoms with Crippen molar-refractivity contribution < 1.29 is 43.2 Å². The molecule has 24 N–H and O–H groups in total. The maximum absolute atomic E-state index is 14.7. The van der Waals surface area contributed by atoms with Crippen LogP contribution in [0.1, 0.15) is 108 Å². The number of thioether (sulfide) groups is 1. The quantitative estimate of drug-likeness (QED) is 0.0172. The summed E-state index contributed by atoms with van der Waals surface area (Å²) in [5.41, 5.74) is 37.2. The fourth-order valence-electron chi connectivity index (χ4n) is 10.2. The van der Waals surface area contributed by atoms with E-state index in [0.29, 0.717) is 44.3 Å². The molecule has 0 unspecified atom stereocenters. The number of primary amides is 1. The Morgan fingerprint density at radius 1 is 0.591 bits per heavy atom. The molecule has 29 heteroatoms. The van der Waals surface area contributed by atoms with Crippen LogP contribution in [0.25, 0.3) is 10.9 Å². The monoisotopic (exact) mass is 1250 g/mol. The minimum atomic E-state index is -1.36. The number of benzene rings is 2. The molecule has 1 aromatic heterocycles. The van der Waals surface area contributed by atoms with Crippen molar-refractivity contribution >= 4 is 87.7 Å².